The van der Waals surface area contributed by atoms with E-state index in [4.69, 9.17) is 21.7 Å². The number of rotatable bonds is 2. The van der Waals surface area contributed by atoms with Crippen LogP contribution in [0, 0.1) is 0 Å². The maximum absolute atomic E-state index is 9.08. The van der Waals surface area contributed by atoms with Gasteiger partial charge in [0.2, 0.25) is 0 Å². The number of aromatic hydroxyl groups is 2. The molecular weight excluding hydrogens is 156 g/mol. The molecule has 66 valence electrons. The van der Waals surface area contributed by atoms with Crippen molar-refractivity contribution < 1.29 is 10.2 Å². The van der Waals surface area contributed by atoms with E-state index in [-0.39, 0.29) is 24.1 Å². The van der Waals surface area contributed by atoms with Gasteiger partial charge in [-0.25, -0.2) is 0 Å². The minimum atomic E-state index is -0.344. The van der Waals surface area contributed by atoms with Crippen molar-refractivity contribution in [3.05, 3.63) is 23.8 Å². The molecule has 1 atom stereocenters. The lowest BCUT2D eigenvalue weighted by Crippen LogP contribution is -2.20. The Bertz CT molecular complexity index is 256. The van der Waals surface area contributed by atoms with Gasteiger partial charge in [-0.2, -0.15) is 0 Å². The van der Waals surface area contributed by atoms with Gasteiger partial charge in [-0.05, 0) is 17.7 Å². The number of hydrogen-bond donors (Lipinski definition) is 4. The van der Waals surface area contributed by atoms with Crippen molar-refractivity contribution in [2.45, 2.75) is 6.04 Å². The van der Waals surface area contributed by atoms with Crippen molar-refractivity contribution in [1.29, 1.82) is 0 Å². The quantitative estimate of drug-likeness (QED) is 0.502. The second kappa shape index (κ2) is 3.42. The molecule has 0 aliphatic heterocycles. The molecule has 6 N–H and O–H groups in total. The van der Waals surface area contributed by atoms with Gasteiger partial charge in [-0.15, -0.1) is 0 Å². The first kappa shape index (κ1) is 8.83. The third-order valence-corrected chi connectivity index (χ3v) is 1.61. The molecule has 0 heterocycles. The molecule has 1 aromatic carbocycles. The molecule has 1 aromatic rings. The average molecular weight is 168 g/mol. The molecule has 1 unspecified atom stereocenters. The van der Waals surface area contributed by atoms with Crippen LogP contribution in [0.2, 0.25) is 0 Å². The zero-order valence-corrected chi connectivity index (χ0v) is 6.57. The Labute approximate surface area is 70.4 Å². The third kappa shape index (κ3) is 1.87. The minimum Gasteiger partial charge on any atom is -0.508 e. The SMILES string of the molecule is NCC(N)c1cc(O)cc(O)c1. The van der Waals surface area contributed by atoms with Crippen LogP contribution in [-0.4, -0.2) is 16.8 Å². The van der Waals surface area contributed by atoms with Gasteiger partial charge in [0.05, 0.1) is 0 Å². The molecule has 0 amide bonds. The molecule has 1 rings (SSSR count). The van der Waals surface area contributed by atoms with Gasteiger partial charge in [0.25, 0.3) is 0 Å². The van der Waals surface area contributed by atoms with E-state index in [0.717, 1.165) is 0 Å². The van der Waals surface area contributed by atoms with E-state index in [1.807, 2.05) is 0 Å². The van der Waals surface area contributed by atoms with E-state index < -0.39 is 0 Å². The van der Waals surface area contributed by atoms with Gasteiger partial charge in [0.15, 0.2) is 0 Å². The van der Waals surface area contributed by atoms with Gasteiger partial charge >= 0.3 is 0 Å². The van der Waals surface area contributed by atoms with Crippen LogP contribution in [0.4, 0.5) is 0 Å². The predicted octanol–water partition coefficient (Wildman–Crippen LogP) is 0.0563. The highest BCUT2D eigenvalue weighted by Crippen LogP contribution is 2.23. The van der Waals surface area contributed by atoms with Crippen molar-refractivity contribution in [2.24, 2.45) is 11.5 Å². The maximum Gasteiger partial charge on any atom is 0.119 e. The minimum absolute atomic E-state index is 0.00565. The van der Waals surface area contributed by atoms with Crippen molar-refractivity contribution in [3.8, 4) is 11.5 Å². The van der Waals surface area contributed by atoms with Crippen LogP contribution in [0.3, 0.4) is 0 Å². The van der Waals surface area contributed by atoms with Gasteiger partial charge < -0.3 is 21.7 Å². The van der Waals surface area contributed by atoms with Crippen molar-refractivity contribution in [2.75, 3.05) is 6.54 Å². The molecule has 0 saturated carbocycles. The molecule has 0 spiro atoms. The van der Waals surface area contributed by atoms with Crippen LogP contribution < -0.4 is 11.5 Å². The molecule has 4 nitrogen and oxygen atoms in total. The van der Waals surface area contributed by atoms with Gasteiger partial charge in [-0.1, -0.05) is 0 Å². The fourth-order valence-corrected chi connectivity index (χ4v) is 0.968. The lowest BCUT2D eigenvalue weighted by molar-refractivity contribution is 0.448. The number of phenols is 2. The van der Waals surface area contributed by atoms with Gasteiger partial charge in [0.1, 0.15) is 11.5 Å². The highest BCUT2D eigenvalue weighted by atomic mass is 16.3. The Morgan fingerprint density at radius 3 is 2.08 bits per heavy atom. The average Bonchev–Trinajstić information content (AvgIpc) is 2.01. The lowest BCUT2D eigenvalue weighted by Gasteiger charge is -2.09. The first-order valence-electron chi connectivity index (χ1n) is 3.62. The van der Waals surface area contributed by atoms with Crippen molar-refractivity contribution in [1.82, 2.24) is 0 Å². The molecule has 0 fully saturated rings. The fraction of sp³-hybridized carbons (Fsp3) is 0.250. The van der Waals surface area contributed by atoms with E-state index in [2.05, 4.69) is 0 Å². The molecule has 4 heteroatoms. The molecule has 0 aromatic heterocycles. The summed E-state index contributed by atoms with van der Waals surface area (Å²) in [6.07, 6.45) is 0. The van der Waals surface area contributed by atoms with Crippen LogP contribution in [0.5, 0.6) is 11.5 Å². The zero-order valence-electron chi connectivity index (χ0n) is 6.57. The second-order valence-electron chi connectivity index (χ2n) is 2.62. The summed E-state index contributed by atoms with van der Waals surface area (Å²) in [6, 6.07) is 3.87. The molecule has 0 aliphatic rings. The smallest absolute Gasteiger partial charge is 0.119 e. The summed E-state index contributed by atoms with van der Waals surface area (Å²) in [6.45, 7) is 0.281. The highest BCUT2D eigenvalue weighted by Gasteiger charge is 2.05. The van der Waals surface area contributed by atoms with Crippen molar-refractivity contribution >= 4 is 0 Å². The maximum atomic E-state index is 9.08. The molecular formula is C8H12N2O2. The zero-order chi connectivity index (χ0) is 9.14. The Hall–Kier alpha value is -1.26. The highest BCUT2D eigenvalue weighted by molar-refractivity contribution is 5.38. The molecule has 0 saturated heterocycles. The number of phenolic OH excluding ortho intramolecular Hbond substituents is 2. The largest absolute Gasteiger partial charge is 0.508 e. The van der Waals surface area contributed by atoms with E-state index in [1.165, 1.54) is 18.2 Å². The molecule has 0 aliphatic carbocycles. The number of hydrogen-bond acceptors (Lipinski definition) is 4. The lowest BCUT2D eigenvalue weighted by atomic mass is 10.1. The summed E-state index contributed by atoms with van der Waals surface area (Å²) in [5.41, 5.74) is 11.5. The Morgan fingerprint density at radius 1 is 1.17 bits per heavy atom. The normalized spacial score (nSPS) is 12.8. The van der Waals surface area contributed by atoms with Crippen LogP contribution in [0.1, 0.15) is 11.6 Å². The van der Waals surface area contributed by atoms with E-state index in [1.54, 1.807) is 0 Å². The Balaban J connectivity index is 3.00. The summed E-state index contributed by atoms with van der Waals surface area (Å²) in [5.74, 6) is -0.0113. The topological polar surface area (TPSA) is 92.5 Å². The monoisotopic (exact) mass is 168 g/mol. The third-order valence-electron chi connectivity index (χ3n) is 1.61. The molecule has 12 heavy (non-hydrogen) atoms. The second-order valence-corrected chi connectivity index (χ2v) is 2.62. The van der Waals surface area contributed by atoms with Crippen LogP contribution in [0.25, 0.3) is 0 Å². The first-order valence-corrected chi connectivity index (χ1v) is 3.62. The molecule has 0 bridgehead atoms. The first-order chi connectivity index (χ1) is 5.63. The van der Waals surface area contributed by atoms with Crippen molar-refractivity contribution in [3.63, 3.8) is 0 Å². The number of nitrogens with two attached hydrogens (primary N) is 2. The summed E-state index contributed by atoms with van der Waals surface area (Å²) < 4.78 is 0. The summed E-state index contributed by atoms with van der Waals surface area (Å²) in [7, 11) is 0. The number of benzene rings is 1. The summed E-state index contributed by atoms with van der Waals surface area (Å²) in [4.78, 5) is 0. The Morgan fingerprint density at radius 2 is 1.67 bits per heavy atom. The van der Waals surface area contributed by atoms with Crippen LogP contribution in [-0.2, 0) is 0 Å². The predicted molar refractivity (Wildman–Crippen MR) is 45.8 cm³/mol. The standard InChI is InChI=1S/C8H12N2O2/c9-4-8(10)5-1-6(11)3-7(12)2-5/h1-3,8,11-12H,4,9-10H2. The molecule has 0 radical (unpaired) electrons. The summed E-state index contributed by atoms with van der Waals surface area (Å²) in [5, 5.41) is 18.2. The van der Waals surface area contributed by atoms with Crippen LogP contribution >= 0.6 is 0 Å². The Kier molecular flexibility index (Phi) is 2.52. The van der Waals surface area contributed by atoms with E-state index >= 15 is 0 Å². The summed E-state index contributed by atoms with van der Waals surface area (Å²) >= 11 is 0. The van der Waals surface area contributed by atoms with Crippen LogP contribution in [0.15, 0.2) is 18.2 Å². The van der Waals surface area contributed by atoms with E-state index in [0.29, 0.717) is 5.56 Å². The van der Waals surface area contributed by atoms with E-state index in [9.17, 15) is 0 Å². The fourth-order valence-electron chi connectivity index (χ4n) is 0.968. The van der Waals surface area contributed by atoms with Gasteiger partial charge in [0, 0.05) is 18.7 Å². The van der Waals surface area contributed by atoms with Gasteiger partial charge in [-0.3, -0.25) is 0 Å².